The molecule has 2 N–H and O–H groups in total. The second-order valence-corrected chi connectivity index (χ2v) is 7.76. The Morgan fingerprint density at radius 3 is 2.37 bits per heavy atom. The molecule has 35 heavy (non-hydrogen) atoms. The standard InChI is InChI=1S/C26H18N4O5/c31-26(32)18-7-5-17(6-8-18)19-9-12-21-22(14-19)28-25(23-2-1-13-35-23)29-24(21)27-15-16-3-10-20(11-4-16)30(33)34/h1-14H,15H2,(H,31,32)(H,27,28,29). The average Bonchev–Trinajstić information content (AvgIpc) is 3.42. The molecule has 0 saturated heterocycles. The third kappa shape index (κ3) is 4.55. The molecule has 172 valence electrons. The van der Waals surface area contributed by atoms with Crippen LogP contribution in [0.15, 0.2) is 89.5 Å². The van der Waals surface area contributed by atoms with Crippen molar-refractivity contribution in [3.05, 3.63) is 106 Å². The Kier molecular flexibility index (Phi) is 5.64. The highest BCUT2D eigenvalue weighted by molar-refractivity contribution is 5.94. The van der Waals surface area contributed by atoms with E-state index in [-0.39, 0.29) is 11.3 Å². The number of hydrogen-bond donors (Lipinski definition) is 2. The molecule has 9 heteroatoms. The number of nitro groups is 1. The van der Waals surface area contributed by atoms with Crippen molar-refractivity contribution in [2.45, 2.75) is 6.54 Å². The highest BCUT2D eigenvalue weighted by Crippen LogP contribution is 2.30. The number of rotatable bonds is 7. The summed E-state index contributed by atoms with van der Waals surface area (Å²) in [5.74, 6) is 0.538. The smallest absolute Gasteiger partial charge is 0.335 e. The molecule has 0 bridgehead atoms. The maximum absolute atomic E-state index is 11.2. The Morgan fingerprint density at radius 1 is 0.971 bits per heavy atom. The van der Waals surface area contributed by atoms with Crippen molar-refractivity contribution in [1.29, 1.82) is 0 Å². The van der Waals surface area contributed by atoms with Crippen molar-refractivity contribution in [3.63, 3.8) is 0 Å². The summed E-state index contributed by atoms with van der Waals surface area (Å²) in [6.45, 7) is 0.403. The van der Waals surface area contributed by atoms with Gasteiger partial charge in [-0.1, -0.05) is 30.3 Å². The number of carboxylic acids is 1. The van der Waals surface area contributed by atoms with Gasteiger partial charge < -0.3 is 14.8 Å². The SMILES string of the molecule is O=C(O)c1ccc(-c2ccc3c(NCc4ccc([N+](=O)[O-])cc4)nc(-c4ccco4)nc3c2)cc1. The molecular weight excluding hydrogens is 448 g/mol. The Labute approximate surface area is 198 Å². The minimum atomic E-state index is -0.977. The van der Waals surface area contributed by atoms with Crippen LogP contribution in [0.4, 0.5) is 11.5 Å². The van der Waals surface area contributed by atoms with Gasteiger partial charge in [0.05, 0.1) is 22.3 Å². The van der Waals surface area contributed by atoms with Crippen LogP contribution in [0.25, 0.3) is 33.6 Å². The van der Waals surface area contributed by atoms with E-state index in [2.05, 4.69) is 15.3 Å². The number of carbonyl (C=O) groups is 1. The highest BCUT2D eigenvalue weighted by atomic mass is 16.6. The first-order valence-corrected chi connectivity index (χ1v) is 10.6. The Morgan fingerprint density at radius 2 is 1.71 bits per heavy atom. The van der Waals surface area contributed by atoms with Crippen LogP contribution in [0, 0.1) is 10.1 Å². The third-order valence-corrected chi connectivity index (χ3v) is 5.51. The van der Waals surface area contributed by atoms with Crippen molar-refractivity contribution < 1.29 is 19.2 Å². The van der Waals surface area contributed by atoms with Gasteiger partial charge in [-0.25, -0.2) is 14.8 Å². The van der Waals surface area contributed by atoms with Gasteiger partial charge in [-0.15, -0.1) is 0 Å². The molecule has 3 aromatic carbocycles. The second kappa shape index (κ2) is 9.06. The van der Waals surface area contributed by atoms with E-state index in [1.165, 1.54) is 12.1 Å². The number of anilines is 1. The molecule has 2 heterocycles. The van der Waals surface area contributed by atoms with Crippen molar-refractivity contribution in [1.82, 2.24) is 9.97 Å². The summed E-state index contributed by atoms with van der Waals surface area (Å²) in [5, 5.41) is 24.1. The van der Waals surface area contributed by atoms with Crippen LogP contribution >= 0.6 is 0 Å². The predicted octanol–water partition coefficient (Wildman–Crippen LogP) is 5.78. The maximum Gasteiger partial charge on any atom is 0.335 e. The van der Waals surface area contributed by atoms with E-state index in [0.29, 0.717) is 29.5 Å². The summed E-state index contributed by atoms with van der Waals surface area (Å²) in [5.41, 5.74) is 3.52. The molecule has 0 saturated carbocycles. The van der Waals surface area contributed by atoms with Crippen molar-refractivity contribution in [3.8, 4) is 22.7 Å². The molecule has 0 aliphatic carbocycles. The van der Waals surface area contributed by atoms with Gasteiger partial charge in [0, 0.05) is 24.1 Å². The number of nitrogens with zero attached hydrogens (tertiary/aromatic N) is 3. The molecule has 0 atom stereocenters. The van der Waals surface area contributed by atoms with E-state index in [9.17, 15) is 14.9 Å². The molecule has 0 aliphatic heterocycles. The molecular formula is C26H18N4O5. The lowest BCUT2D eigenvalue weighted by atomic mass is 10.0. The predicted molar refractivity (Wildman–Crippen MR) is 130 cm³/mol. The van der Waals surface area contributed by atoms with E-state index < -0.39 is 10.9 Å². The fraction of sp³-hybridized carbons (Fsp3) is 0.0385. The quantitative estimate of drug-likeness (QED) is 0.228. The Bertz CT molecular complexity index is 1530. The minimum absolute atomic E-state index is 0.0326. The zero-order valence-electron chi connectivity index (χ0n) is 18.2. The van der Waals surface area contributed by atoms with Crippen LogP contribution in [-0.4, -0.2) is 26.0 Å². The number of hydrogen-bond acceptors (Lipinski definition) is 7. The molecule has 0 radical (unpaired) electrons. The van der Waals surface area contributed by atoms with Crippen LogP contribution in [0.2, 0.25) is 0 Å². The van der Waals surface area contributed by atoms with Crippen molar-refractivity contribution in [2.75, 3.05) is 5.32 Å². The summed E-state index contributed by atoms with van der Waals surface area (Å²) in [6.07, 6.45) is 1.55. The van der Waals surface area contributed by atoms with Crippen LogP contribution in [-0.2, 0) is 6.54 Å². The van der Waals surface area contributed by atoms with E-state index in [4.69, 9.17) is 9.52 Å². The Hall–Kier alpha value is -5.05. The zero-order valence-corrected chi connectivity index (χ0v) is 18.2. The average molecular weight is 466 g/mol. The molecule has 0 spiro atoms. The lowest BCUT2D eigenvalue weighted by Gasteiger charge is -2.12. The molecule has 0 unspecified atom stereocenters. The van der Waals surface area contributed by atoms with Gasteiger partial charge >= 0.3 is 5.97 Å². The van der Waals surface area contributed by atoms with E-state index in [0.717, 1.165) is 22.1 Å². The van der Waals surface area contributed by atoms with E-state index >= 15 is 0 Å². The fourth-order valence-corrected chi connectivity index (χ4v) is 3.69. The lowest BCUT2D eigenvalue weighted by Crippen LogP contribution is -2.04. The monoisotopic (exact) mass is 466 g/mol. The highest BCUT2D eigenvalue weighted by Gasteiger charge is 2.13. The summed E-state index contributed by atoms with van der Waals surface area (Å²) in [4.78, 5) is 31.0. The molecule has 5 aromatic rings. The van der Waals surface area contributed by atoms with Gasteiger partial charge in [0.15, 0.2) is 11.6 Å². The number of aromatic carboxylic acids is 1. The first kappa shape index (κ1) is 21.8. The number of aromatic nitrogens is 2. The van der Waals surface area contributed by atoms with E-state index in [1.807, 2.05) is 18.2 Å². The summed E-state index contributed by atoms with van der Waals surface area (Å²) in [6, 6.07) is 22.2. The summed E-state index contributed by atoms with van der Waals surface area (Å²) in [7, 11) is 0. The molecule has 0 aliphatic rings. The van der Waals surface area contributed by atoms with E-state index in [1.54, 1.807) is 54.8 Å². The van der Waals surface area contributed by atoms with Gasteiger partial charge in [0.2, 0.25) is 0 Å². The van der Waals surface area contributed by atoms with Gasteiger partial charge in [0.1, 0.15) is 5.82 Å². The third-order valence-electron chi connectivity index (χ3n) is 5.51. The number of benzene rings is 3. The normalized spacial score (nSPS) is 10.9. The number of fused-ring (bicyclic) bond motifs is 1. The van der Waals surface area contributed by atoms with Crippen LogP contribution in [0.1, 0.15) is 15.9 Å². The first-order chi connectivity index (χ1) is 17.0. The van der Waals surface area contributed by atoms with Gasteiger partial charge in [0.25, 0.3) is 5.69 Å². The van der Waals surface area contributed by atoms with Crippen LogP contribution in [0.5, 0.6) is 0 Å². The number of carboxylic acid groups (broad SMARTS) is 1. The second-order valence-electron chi connectivity index (χ2n) is 7.76. The number of nitrogens with one attached hydrogen (secondary N) is 1. The van der Waals surface area contributed by atoms with Crippen LogP contribution < -0.4 is 5.32 Å². The molecule has 5 rings (SSSR count). The zero-order chi connectivity index (χ0) is 24.4. The molecule has 0 fully saturated rings. The minimum Gasteiger partial charge on any atom is -0.478 e. The Balaban J connectivity index is 1.52. The van der Waals surface area contributed by atoms with Crippen molar-refractivity contribution in [2.24, 2.45) is 0 Å². The first-order valence-electron chi connectivity index (χ1n) is 10.6. The molecule has 2 aromatic heterocycles. The lowest BCUT2D eigenvalue weighted by molar-refractivity contribution is -0.384. The number of non-ortho nitro benzene ring substituents is 1. The summed E-state index contributed by atoms with van der Waals surface area (Å²) >= 11 is 0. The number of furan rings is 1. The number of nitro benzene ring substituents is 1. The van der Waals surface area contributed by atoms with Gasteiger partial charge in [-0.05, 0) is 53.1 Å². The van der Waals surface area contributed by atoms with Crippen LogP contribution in [0.3, 0.4) is 0 Å². The fourth-order valence-electron chi connectivity index (χ4n) is 3.69. The maximum atomic E-state index is 11.2. The largest absolute Gasteiger partial charge is 0.478 e. The molecule has 0 amide bonds. The topological polar surface area (TPSA) is 131 Å². The summed E-state index contributed by atoms with van der Waals surface area (Å²) < 4.78 is 5.50. The van der Waals surface area contributed by atoms with Gasteiger partial charge in [-0.2, -0.15) is 0 Å². The van der Waals surface area contributed by atoms with Crippen molar-refractivity contribution >= 4 is 28.4 Å². The molecule has 9 nitrogen and oxygen atoms in total. The van der Waals surface area contributed by atoms with Gasteiger partial charge in [-0.3, -0.25) is 10.1 Å².